The van der Waals surface area contributed by atoms with Crippen LogP contribution in [0, 0.1) is 0 Å². The van der Waals surface area contributed by atoms with E-state index in [2.05, 4.69) is 10.6 Å². The Hall–Kier alpha value is -2.03. The predicted molar refractivity (Wildman–Crippen MR) is 118 cm³/mol. The molecule has 3 aliphatic rings. The van der Waals surface area contributed by atoms with Crippen molar-refractivity contribution < 1.29 is 14.3 Å². The summed E-state index contributed by atoms with van der Waals surface area (Å²) in [5.41, 5.74) is 6.55. The fraction of sp³-hybridized carbons (Fsp3) is 0.571. The number of nitrogens with two attached hydrogens (primary N) is 1. The van der Waals surface area contributed by atoms with Crippen molar-refractivity contribution in [1.82, 2.24) is 9.47 Å². The second kappa shape index (κ2) is 9.41. The van der Waals surface area contributed by atoms with Crippen LogP contribution in [0.15, 0.2) is 28.6 Å². The SMILES string of the molecule is CN.CN1C(=O)N(C)C(O)c2c1cc(N1CCCCC1)n2CC1=C(Cl)CCC(F)=C1. The molecule has 3 N–H and O–H groups in total. The highest BCUT2D eigenvalue weighted by molar-refractivity contribution is 6.30. The minimum Gasteiger partial charge on any atom is -0.368 e. The summed E-state index contributed by atoms with van der Waals surface area (Å²) < 4.78 is 15.9. The van der Waals surface area contributed by atoms with E-state index in [4.69, 9.17) is 11.6 Å². The van der Waals surface area contributed by atoms with Crippen LogP contribution in [0.25, 0.3) is 0 Å². The number of hydrogen-bond acceptors (Lipinski definition) is 4. The number of urea groups is 1. The monoisotopic (exact) mass is 439 g/mol. The Bertz CT molecular complexity index is 860. The maximum absolute atomic E-state index is 13.9. The van der Waals surface area contributed by atoms with Crippen LogP contribution in [0.5, 0.6) is 0 Å². The van der Waals surface area contributed by atoms with Gasteiger partial charge in [-0.05, 0) is 44.4 Å². The largest absolute Gasteiger partial charge is 0.368 e. The number of nitrogens with zero attached hydrogens (tertiary/aromatic N) is 4. The number of piperidine rings is 1. The minimum absolute atomic E-state index is 0.176. The quantitative estimate of drug-likeness (QED) is 0.753. The van der Waals surface area contributed by atoms with Gasteiger partial charge in [0.2, 0.25) is 0 Å². The lowest BCUT2D eigenvalue weighted by Gasteiger charge is -2.36. The first kappa shape index (κ1) is 22.7. The molecule has 1 unspecified atom stereocenters. The van der Waals surface area contributed by atoms with E-state index in [1.54, 1.807) is 19.0 Å². The van der Waals surface area contributed by atoms with Crippen molar-refractivity contribution in [2.75, 3.05) is 44.0 Å². The highest BCUT2D eigenvalue weighted by Crippen LogP contribution is 2.41. The minimum atomic E-state index is -1.06. The first-order valence-electron chi connectivity index (χ1n) is 10.4. The van der Waals surface area contributed by atoms with Gasteiger partial charge in [0.05, 0.1) is 17.9 Å². The summed E-state index contributed by atoms with van der Waals surface area (Å²) in [6.45, 7) is 2.20. The number of fused-ring (bicyclic) bond motifs is 1. The predicted octanol–water partition coefficient (Wildman–Crippen LogP) is 3.69. The zero-order valence-electron chi connectivity index (χ0n) is 17.9. The molecule has 1 fully saturated rings. The molecule has 4 rings (SSSR count). The van der Waals surface area contributed by atoms with E-state index < -0.39 is 6.23 Å². The summed E-state index contributed by atoms with van der Waals surface area (Å²) in [5.74, 6) is 0.764. The number of allylic oxidation sites excluding steroid dienone is 4. The topological polar surface area (TPSA) is 78.0 Å². The molecule has 9 heteroatoms. The Balaban J connectivity index is 0.00000124. The lowest BCUT2D eigenvalue weighted by atomic mass is 10.1. The molecule has 1 aliphatic carbocycles. The second-order valence-corrected chi connectivity index (χ2v) is 8.21. The average molecular weight is 440 g/mol. The molecule has 7 nitrogen and oxygen atoms in total. The number of hydrogen-bond donors (Lipinski definition) is 2. The van der Waals surface area contributed by atoms with Crippen molar-refractivity contribution in [3.8, 4) is 0 Å². The lowest BCUT2D eigenvalue weighted by molar-refractivity contribution is 0.0382. The number of aromatic nitrogens is 1. The molecule has 2 amide bonds. The zero-order valence-corrected chi connectivity index (χ0v) is 18.6. The summed E-state index contributed by atoms with van der Waals surface area (Å²) in [6, 6.07) is 1.70. The second-order valence-electron chi connectivity index (χ2n) is 7.75. The van der Waals surface area contributed by atoms with E-state index in [1.165, 1.54) is 24.4 Å². The van der Waals surface area contributed by atoms with Gasteiger partial charge in [0.25, 0.3) is 0 Å². The van der Waals surface area contributed by atoms with Gasteiger partial charge in [-0.3, -0.25) is 9.80 Å². The molecule has 166 valence electrons. The third-order valence-electron chi connectivity index (χ3n) is 5.93. The molecule has 30 heavy (non-hydrogen) atoms. The van der Waals surface area contributed by atoms with E-state index >= 15 is 0 Å². The van der Waals surface area contributed by atoms with E-state index in [0.717, 1.165) is 37.3 Å². The summed E-state index contributed by atoms with van der Waals surface area (Å²) in [5, 5.41) is 11.5. The fourth-order valence-electron chi connectivity index (χ4n) is 4.29. The molecule has 1 saturated heterocycles. The molecule has 2 aliphatic heterocycles. The summed E-state index contributed by atoms with van der Waals surface area (Å²) >= 11 is 6.41. The molecular weight excluding hydrogens is 409 g/mol. The number of aliphatic hydroxyl groups is 1. The number of halogens is 2. The van der Waals surface area contributed by atoms with Crippen LogP contribution in [0.2, 0.25) is 0 Å². The molecule has 0 bridgehead atoms. The Labute approximate surface area is 182 Å². The van der Waals surface area contributed by atoms with Crippen LogP contribution in [0.4, 0.5) is 20.7 Å². The Morgan fingerprint density at radius 3 is 2.53 bits per heavy atom. The number of carbonyl (C=O) groups excluding carboxylic acids is 1. The van der Waals surface area contributed by atoms with Gasteiger partial charge < -0.3 is 20.3 Å². The van der Waals surface area contributed by atoms with Crippen LogP contribution in [0.3, 0.4) is 0 Å². The zero-order chi connectivity index (χ0) is 22.0. The number of rotatable bonds is 3. The molecule has 1 aromatic rings. The van der Waals surface area contributed by atoms with Crippen molar-refractivity contribution in [3.63, 3.8) is 0 Å². The van der Waals surface area contributed by atoms with Crippen LogP contribution in [-0.4, -0.2) is 54.8 Å². The van der Waals surface area contributed by atoms with Crippen molar-refractivity contribution in [1.29, 1.82) is 0 Å². The molecule has 1 aromatic heterocycles. The molecule has 0 saturated carbocycles. The highest BCUT2D eigenvalue weighted by atomic mass is 35.5. The van der Waals surface area contributed by atoms with E-state index in [9.17, 15) is 14.3 Å². The van der Waals surface area contributed by atoms with Gasteiger partial charge in [0.1, 0.15) is 11.6 Å². The van der Waals surface area contributed by atoms with Crippen molar-refractivity contribution in [3.05, 3.63) is 34.3 Å². The van der Waals surface area contributed by atoms with Crippen molar-refractivity contribution >= 4 is 29.1 Å². The maximum atomic E-state index is 13.9. The Morgan fingerprint density at radius 1 is 1.20 bits per heavy atom. The van der Waals surface area contributed by atoms with Crippen LogP contribution in [-0.2, 0) is 6.54 Å². The van der Waals surface area contributed by atoms with Crippen molar-refractivity contribution in [2.24, 2.45) is 5.73 Å². The molecular formula is C21H31ClFN5O2. The third-order valence-corrected chi connectivity index (χ3v) is 6.36. The summed E-state index contributed by atoms with van der Waals surface area (Å²) in [4.78, 5) is 17.6. The van der Waals surface area contributed by atoms with Crippen molar-refractivity contribution in [2.45, 2.75) is 44.9 Å². The van der Waals surface area contributed by atoms with Gasteiger partial charge in [-0.2, -0.15) is 0 Å². The van der Waals surface area contributed by atoms with Gasteiger partial charge in [0, 0.05) is 44.7 Å². The molecule has 0 spiro atoms. The third kappa shape index (κ3) is 4.08. The smallest absolute Gasteiger partial charge is 0.326 e. The molecule has 3 heterocycles. The lowest BCUT2D eigenvalue weighted by Crippen LogP contribution is -2.46. The first-order valence-corrected chi connectivity index (χ1v) is 10.7. The van der Waals surface area contributed by atoms with Gasteiger partial charge >= 0.3 is 6.03 Å². The summed E-state index contributed by atoms with van der Waals surface area (Å²) in [7, 11) is 4.79. The van der Waals surface area contributed by atoms with Crippen LogP contribution < -0.4 is 15.5 Å². The number of carbonyl (C=O) groups is 1. The van der Waals surface area contributed by atoms with Gasteiger partial charge in [-0.25, -0.2) is 9.18 Å². The number of amides is 2. The van der Waals surface area contributed by atoms with E-state index in [-0.39, 0.29) is 11.9 Å². The van der Waals surface area contributed by atoms with E-state index in [1.807, 2.05) is 10.6 Å². The fourth-order valence-corrected chi connectivity index (χ4v) is 4.49. The molecule has 0 radical (unpaired) electrons. The van der Waals surface area contributed by atoms with Crippen LogP contribution in [0.1, 0.15) is 44.0 Å². The average Bonchev–Trinajstić information content (AvgIpc) is 3.14. The molecule has 1 atom stereocenters. The Morgan fingerprint density at radius 2 is 1.87 bits per heavy atom. The number of aliphatic hydroxyl groups excluding tert-OH is 1. The maximum Gasteiger partial charge on any atom is 0.326 e. The van der Waals surface area contributed by atoms with Gasteiger partial charge in [-0.15, -0.1) is 0 Å². The van der Waals surface area contributed by atoms with Crippen LogP contribution >= 0.6 is 11.6 Å². The normalized spacial score (nSPS) is 22.0. The standard InChI is InChI=1S/C20H26ClFN4O2.CH5N/c1-23-16-11-17(25-8-4-3-5-9-25)26(18(16)19(27)24(2)20(23)28)12-13-10-14(22)6-7-15(13)21;1-2/h10-11,19,27H,3-9,12H2,1-2H3;2H2,1H3. The molecule has 0 aromatic carbocycles. The van der Waals surface area contributed by atoms with Gasteiger partial charge in [0.15, 0.2) is 6.23 Å². The van der Waals surface area contributed by atoms with E-state index in [0.29, 0.717) is 35.8 Å². The Kier molecular flexibility index (Phi) is 7.10. The summed E-state index contributed by atoms with van der Waals surface area (Å²) in [6.07, 6.45) is 4.67. The number of anilines is 2. The first-order chi connectivity index (χ1) is 14.4. The van der Waals surface area contributed by atoms with Gasteiger partial charge in [-0.1, -0.05) is 11.6 Å². The highest BCUT2D eigenvalue weighted by Gasteiger charge is 2.37.